The molecule has 0 aliphatic rings. The predicted molar refractivity (Wildman–Crippen MR) is 147 cm³/mol. The third-order valence-electron chi connectivity index (χ3n) is 6.02. The average molecular weight is 506 g/mol. The Bertz CT molecular complexity index is 1350. The molecule has 0 bridgehead atoms. The van der Waals surface area contributed by atoms with E-state index in [-0.39, 0.29) is 12.2 Å². The van der Waals surface area contributed by atoms with Crippen molar-refractivity contribution in [1.29, 1.82) is 0 Å². The molecule has 0 fully saturated rings. The first-order chi connectivity index (χ1) is 17.3. The number of fused-ring (bicyclic) bond motifs is 1. The van der Waals surface area contributed by atoms with Gasteiger partial charge >= 0.3 is 0 Å². The topological polar surface area (TPSA) is 78.5 Å². The number of aliphatic hydroxyl groups excluding tert-OH is 1. The molecule has 0 amide bonds. The van der Waals surface area contributed by atoms with Crippen molar-refractivity contribution in [3.8, 4) is 11.1 Å². The molecule has 7 heteroatoms. The molecule has 6 nitrogen and oxygen atoms in total. The van der Waals surface area contributed by atoms with Gasteiger partial charge in [0.25, 0.3) is 5.56 Å². The molecule has 0 aliphatic heterocycles. The minimum atomic E-state index is -0.638. The molecule has 1 unspecified atom stereocenters. The number of benzene rings is 2. The Hall–Kier alpha value is -2.84. The minimum Gasteiger partial charge on any atom is -0.389 e. The molecule has 0 aliphatic carbocycles. The number of H-pyrrole nitrogens is 1. The number of aromatic amines is 1. The number of ether oxygens (including phenoxy) is 1. The van der Waals surface area contributed by atoms with Gasteiger partial charge in [0.05, 0.1) is 24.6 Å². The number of aryl methyl sites for hydroxylation is 2. The zero-order valence-electron chi connectivity index (χ0n) is 21.5. The van der Waals surface area contributed by atoms with Crippen LogP contribution in [0.3, 0.4) is 0 Å². The highest BCUT2D eigenvalue weighted by Crippen LogP contribution is 2.33. The van der Waals surface area contributed by atoms with Gasteiger partial charge in [-0.3, -0.25) is 9.69 Å². The van der Waals surface area contributed by atoms with Gasteiger partial charge in [0.2, 0.25) is 0 Å². The van der Waals surface area contributed by atoms with Crippen molar-refractivity contribution in [2.75, 3.05) is 19.8 Å². The van der Waals surface area contributed by atoms with Crippen LogP contribution in [0.5, 0.6) is 0 Å². The highest BCUT2D eigenvalue weighted by molar-refractivity contribution is 7.17. The fourth-order valence-corrected chi connectivity index (χ4v) is 5.37. The van der Waals surface area contributed by atoms with Crippen LogP contribution in [0.1, 0.15) is 36.4 Å². The molecule has 2 aromatic heterocycles. The fraction of sp³-hybridized carbons (Fsp3) is 0.379. The molecule has 0 radical (unpaired) electrons. The van der Waals surface area contributed by atoms with Gasteiger partial charge in [-0.2, -0.15) is 0 Å². The van der Waals surface area contributed by atoms with E-state index >= 15 is 0 Å². The highest BCUT2D eigenvalue weighted by Gasteiger charge is 2.18. The first-order valence-electron chi connectivity index (χ1n) is 12.4. The van der Waals surface area contributed by atoms with Gasteiger partial charge in [0, 0.05) is 30.6 Å². The summed E-state index contributed by atoms with van der Waals surface area (Å²) in [6.45, 7) is 10.6. The van der Waals surface area contributed by atoms with Crippen molar-refractivity contribution in [1.82, 2.24) is 14.9 Å². The maximum atomic E-state index is 13.2. The molecule has 0 spiro atoms. The lowest BCUT2D eigenvalue weighted by atomic mass is 9.99. The molecular formula is C29H35N3O3S. The zero-order chi connectivity index (χ0) is 25.7. The van der Waals surface area contributed by atoms with Crippen molar-refractivity contribution < 1.29 is 9.84 Å². The van der Waals surface area contributed by atoms with Crippen LogP contribution in [0.4, 0.5) is 0 Å². The summed E-state index contributed by atoms with van der Waals surface area (Å²) in [7, 11) is 0. The van der Waals surface area contributed by atoms with E-state index in [0.29, 0.717) is 43.4 Å². The molecule has 2 heterocycles. The second-order valence-electron chi connectivity index (χ2n) is 9.90. The van der Waals surface area contributed by atoms with Gasteiger partial charge in [0.1, 0.15) is 10.7 Å². The number of aromatic nitrogens is 2. The van der Waals surface area contributed by atoms with Crippen molar-refractivity contribution in [2.45, 2.75) is 46.9 Å². The van der Waals surface area contributed by atoms with E-state index in [9.17, 15) is 9.90 Å². The summed E-state index contributed by atoms with van der Waals surface area (Å²) in [5, 5.41) is 13.3. The smallest absolute Gasteiger partial charge is 0.260 e. The summed E-state index contributed by atoms with van der Waals surface area (Å²) >= 11 is 1.49. The summed E-state index contributed by atoms with van der Waals surface area (Å²) in [5.74, 6) is 1.01. The Morgan fingerprint density at radius 2 is 1.83 bits per heavy atom. The predicted octanol–water partition coefficient (Wildman–Crippen LogP) is 5.30. The maximum Gasteiger partial charge on any atom is 0.260 e. The van der Waals surface area contributed by atoms with Crippen LogP contribution in [-0.4, -0.2) is 45.8 Å². The van der Waals surface area contributed by atoms with Crippen molar-refractivity contribution in [2.24, 2.45) is 5.92 Å². The molecule has 0 saturated carbocycles. The Balaban J connectivity index is 1.57. The Labute approximate surface area is 216 Å². The molecule has 190 valence electrons. The lowest BCUT2D eigenvalue weighted by molar-refractivity contribution is 0.00517. The van der Waals surface area contributed by atoms with Crippen molar-refractivity contribution in [3.63, 3.8) is 0 Å². The van der Waals surface area contributed by atoms with E-state index in [1.807, 2.05) is 23.6 Å². The highest BCUT2D eigenvalue weighted by atomic mass is 32.1. The van der Waals surface area contributed by atoms with Gasteiger partial charge < -0.3 is 14.8 Å². The van der Waals surface area contributed by atoms with Crippen LogP contribution < -0.4 is 5.56 Å². The number of aliphatic hydroxyl groups is 1. The number of hydrogen-bond acceptors (Lipinski definition) is 6. The number of thiophene rings is 1. The number of hydrogen-bond donors (Lipinski definition) is 2. The van der Waals surface area contributed by atoms with Crippen LogP contribution in [-0.2, 0) is 17.8 Å². The van der Waals surface area contributed by atoms with Gasteiger partial charge in [-0.25, -0.2) is 4.98 Å². The largest absolute Gasteiger partial charge is 0.389 e. The van der Waals surface area contributed by atoms with Crippen LogP contribution >= 0.6 is 11.3 Å². The molecule has 36 heavy (non-hydrogen) atoms. The molecule has 0 saturated heterocycles. The van der Waals surface area contributed by atoms with E-state index in [1.165, 1.54) is 16.9 Å². The third kappa shape index (κ3) is 6.68. The van der Waals surface area contributed by atoms with E-state index in [1.54, 1.807) is 0 Å². The molecule has 2 aromatic carbocycles. The molecule has 2 N–H and O–H groups in total. The minimum absolute atomic E-state index is 0.133. The van der Waals surface area contributed by atoms with E-state index in [4.69, 9.17) is 9.72 Å². The first-order valence-corrected chi connectivity index (χ1v) is 13.3. The van der Waals surface area contributed by atoms with Gasteiger partial charge in [-0.05, 0) is 36.5 Å². The lowest BCUT2D eigenvalue weighted by Crippen LogP contribution is -2.35. The SMILES string of the molecule is Cc1ccc(-c2csc3nc(CN(Cc4ccccc4)CC(O)COCC(C)C)[nH]c(=O)c23)c(C)c1. The molecule has 4 rings (SSSR count). The second kappa shape index (κ2) is 11.9. The number of nitrogens with zero attached hydrogens (tertiary/aromatic N) is 2. The third-order valence-corrected chi connectivity index (χ3v) is 6.89. The average Bonchev–Trinajstić information content (AvgIpc) is 3.23. The number of rotatable bonds is 11. The first kappa shape index (κ1) is 26.2. The second-order valence-corrected chi connectivity index (χ2v) is 10.8. The van der Waals surface area contributed by atoms with Crippen LogP contribution in [0.25, 0.3) is 21.3 Å². The van der Waals surface area contributed by atoms with Crippen LogP contribution in [0.15, 0.2) is 58.7 Å². The van der Waals surface area contributed by atoms with Gasteiger partial charge in [-0.1, -0.05) is 67.9 Å². The van der Waals surface area contributed by atoms with Crippen LogP contribution in [0, 0.1) is 19.8 Å². The van der Waals surface area contributed by atoms with Crippen molar-refractivity contribution in [3.05, 3.63) is 86.8 Å². The molecule has 4 aromatic rings. The lowest BCUT2D eigenvalue weighted by Gasteiger charge is -2.25. The standard InChI is InChI=1S/C29H35N3O3S/c1-19(2)16-35-17-23(33)14-32(13-22-8-6-5-7-9-22)15-26-30-28(34)27-25(18-36-29(27)31-26)24-11-10-20(3)12-21(24)4/h5-12,18-19,23,33H,13-17H2,1-4H3,(H,30,31,34). The van der Waals surface area contributed by atoms with E-state index in [2.05, 4.69) is 67.9 Å². The van der Waals surface area contributed by atoms with E-state index in [0.717, 1.165) is 27.1 Å². The summed E-state index contributed by atoms with van der Waals surface area (Å²) in [4.78, 5) is 23.9. The normalized spacial score (nSPS) is 12.6. The molecule has 1 atom stereocenters. The zero-order valence-corrected chi connectivity index (χ0v) is 22.3. The van der Waals surface area contributed by atoms with E-state index < -0.39 is 6.10 Å². The van der Waals surface area contributed by atoms with Crippen LogP contribution in [0.2, 0.25) is 0 Å². The molecular weight excluding hydrogens is 470 g/mol. The fourth-order valence-electron chi connectivity index (χ4n) is 4.41. The monoisotopic (exact) mass is 505 g/mol. The maximum absolute atomic E-state index is 13.2. The Morgan fingerprint density at radius 1 is 1.06 bits per heavy atom. The summed E-state index contributed by atoms with van der Waals surface area (Å²) in [5.41, 5.74) is 5.31. The summed E-state index contributed by atoms with van der Waals surface area (Å²) < 4.78 is 5.65. The quantitative estimate of drug-likeness (QED) is 0.289. The summed E-state index contributed by atoms with van der Waals surface area (Å²) in [6.07, 6.45) is -0.638. The Kier molecular flexibility index (Phi) is 8.69. The summed E-state index contributed by atoms with van der Waals surface area (Å²) in [6, 6.07) is 16.4. The van der Waals surface area contributed by atoms with Gasteiger partial charge in [0.15, 0.2) is 0 Å². The number of nitrogens with one attached hydrogen (secondary N) is 1. The van der Waals surface area contributed by atoms with Gasteiger partial charge in [-0.15, -0.1) is 11.3 Å². The Morgan fingerprint density at radius 3 is 2.56 bits per heavy atom. The van der Waals surface area contributed by atoms with Crippen molar-refractivity contribution >= 4 is 21.6 Å².